The third-order valence-electron chi connectivity index (χ3n) is 3.37. The molecule has 21 heavy (non-hydrogen) atoms. The summed E-state index contributed by atoms with van der Waals surface area (Å²) >= 11 is 4.75. The highest BCUT2D eigenvalue weighted by atomic mass is 32.1. The molecule has 0 saturated heterocycles. The monoisotopic (exact) mass is 312 g/mol. The van der Waals surface area contributed by atoms with E-state index in [4.69, 9.17) is 18.0 Å². The Morgan fingerprint density at radius 1 is 1.29 bits per heavy atom. The molecule has 0 radical (unpaired) electrons. The lowest BCUT2D eigenvalue weighted by molar-refractivity contribution is -0.130. The fraction of sp³-hybridized carbons (Fsp3) is 0.538. The number of hydrogen-bond donors (Lipinski definition) is 2. The smallest absolute Gasteiger partial charge is 0.268 e. The van der Waals surface area contributed by atoms with Crippen LogP contribution < -0.4 is 16.9 Å². The summed E-state index contributed by atoms with van der Waals surface area (Å²) in [5, 5.41) is 2.47. The molecular weight excluding hydrogens is 292 g/mol. The van der Waals surface area contributed by atoms with Gasteiger partial charge in [-0.25, -0.2) is 4.68 Å². The van der Waals surface area contributed by atoms with Gasteiger partial charge in [0.15, 0.2) is 0 Å². The molecule has 8 heteroatoms. The molecule has 0 spiro atoms. The number of thiocarbonyl (C=S) groups is 1. The number of H-pyrrole nitrogens is 1. The molecule has 0 aliphatic rings. The van der Waals surface area contributed by atoms with Crippen LogP contribution in [0.5, 0.6) is 0 Å². The van der Waals surface area contributed by atoms with E-state index in [0.717, 1.165) is 0 Å². The Hall–Kier alpha value is -1.96. The number of aryl methyl sites for hydroxylation is 1. The van der Waals surface area contributed by atoms with Crippen LogP contribution >= 0.6 is 12.2 Å². The summed E-state index contributed by atoms with van der Waals surface area (Å²) in [4.78, 5) is 37.4. The molecule has 7 nitrogen and oxygen atoms in total. The molecule has 0 fully saturated rings. The Morgan fingerprint density at radius 2 is 1.90 bits per heavy atom. The highest BCUT2D eigenvalue weighted by Gasteiger charge is 2.11. The lowest BCUT2D eigenvalue weighted by atomic mass is 10.2. The average molecular weight is 312 g/mol. The van der Waals surface area contributed by atoms with Crippen LogP contribution in [0.3, 0.4) is 0 Å². The first-order valence-corrected chi connectivity index (χ1v) is 6.97. The number of amides is 1. The number of aromatic nitrogens is 2. The van der Waals surface area contributed by atoms with E-state index in [1.807, 2.05) is 0 Å². The molecule has 0 unspecified atom stereocenters. The van der Waals surface area contributed by atoms with Gasteiger partial charge in [-0.3, -0.25) is 19.5 Å². The Kier molecular flexibility index (Phi) is 5.83. The van der Waals surface area contributed by atoms with Crippen LogP contribution in [0.1, 0.15) is 24.0 Å². The predicted molar refractivity (Wildman–Crippen MR) is 84.5 cm³/mol. The fourth-order valence-corrected chi connectivity index (χ4v) is 1.84. The van der Waals surface area contributed by atoms with Crippen LogP contribution in [0, 0.1) is 13.8 Å². The molecule has 3 N–H and O–H groups in total. The fourth-order valence-electron chi connectivity index (χ4n) is 1.75. The van der Waals surface area contributed by atoms with Crippen molar-refractivity contribution in [1.29, 1.82) is 0 Å². The van der Waals surface area contributed by atoms with E-state index < -0.39 is 0 Å². The Bertz CT molecular complexity index is 662. The molecule has 1 aromatic rings. The SMILES string of the molecule is Cc1c(C)c(=O)n(CCC(=O)N(C)CCC(N)=S)[nH]c1=O. The number of nitrogens with zero attached hydrogens (tertiary/aromatic N) is 2. The van der Waals surface area contributed by atoms with Crippen molar-refractivity contribution in [2.75, 3.05) is 13.6 Å². The van der Waals surface area contributed by atoms with Crippen LogP contribution in [-0.2, 0) is 11.3 Å². The van der Waals surface area contributed by atoms with Crippen LogP contribution in [-0.4, -0.2) is 39.2 Å². The number of aromatic amines is 1. The van der Waals surface area contributed by atoms with Gasteiger partial charge in [0.1, 0.15) is 0 Å². The second kappa shape index (κ2) is 7.16. The third-order valence-corrected chi connectivity index (χ3v) is 3.58. The highest BCUT2D eigenvalue weighted by Crippen LogP contribution is 1.96. The maximum Gasteiger partial charge on any atom is 0.268 e. The van der Waals surface area contributed by atoms with E-state index in [2.05, 4.69) is 5.10 Å². The van der Waals surface area contributed by atoms with Crippen LogP contribution in [0.25, 0.3) is 0 Å². The number of rotatable bonds is 6. The second-order valence-electron chi connectivity index (χ2n) is 4.93. The highest BCUT2D eigenvalue weighted by molar-refractivity contribution is 7.80. The minimum Gasteiger partial charge on any atom is -0.393 e. The largest absolute Gasteiger partial charge is 0.393 e. The third kappa shape index (κ3) is 4.52. The number of carbonyl (C=O) groups excluding carboxylic acids is 1. The van der Waals surface area contributed by atoms with Gasteiger partial charge in [0.2, 0.25) is 5.91 Å². The van der Waals surface area contributed by atoms with Crippen LogP contribution in [0.4, 0.5) is 0 Å². The summed E-state index contributed by atoms with van der Waals surface area (Å²) in [6.07, 6.45) is 0.574. The van der Waals surface area contributed by atoms with E-state index in [0.29, 0.717) is 29.1 Å². The van der Waals surface area contributed by atoms with Crippen molar-refractivity contribution < 1.29 is 4.79 Å². The van der Waals surface area contributed by atoms with E-state index in [-0.39, 0.29) is 30.0 Å². The first-order valence-electron chi connectivity index (χ1n) is 6.56. The number of carbonyl (C=O) groups is 1. The molecule has 116 valence electrons. The van der Waals surface area contributed by atoms with Crippen molar-refractivity contribution in [2.24, 2.45) is 5.73 Å². The molecule has 1 rings (SSSR count). The summed E-state index contributed by atoms with van der Waals surface area (Å²) in [6.45, 7) is 3.76. The van der Waals surface area contributed by atoms with Crippen molar-refractivity contribution in [1.82, 2.24) is 14.7 Å². The normalized spacial score (nSPS) is 10.4. The Labute approximate surface area is 127 Å². The van der Waals surface area contributed by atoms with E-state index in [1.165, 1.54) is 9.58 Å². The molecule has 0 aromatic carbocycles. The minimum absolute atomic E-state index is 0.117. The minimum atomic E-state index is -0.318. The maximum atomic E-state index is 12.0. The van der Waals surface area contributed by atoms with Crippen LogP contribution in [0.15, 0.2) is 9.59 Å². The summed E-state index contributed by atoms with van der Waals surface area (Å²) in [6, 6.07) is 0. The van der Waals surface area contributed by atoms with Crippen LogP contribution in [0.2, 0.25) is 0 Å². The number of nitrogens with two attached hydrogens (primary N) is 1. The second-order valence-corrected chi connectivity index (χ2v) is 5.45. The first-order chi connectivity index (χ1) is 9.73. The van der Waals surface area contributed by atoms with E-state index >= 15 is 0 Å². The average Bonchev–Trinajstić information content (AvgIpc) is 2.44. The van der Waals surface area contributed by atoms with Gasteiger partial charge < -0.3 is 10.6 Å². The molecule has 1 amide bonds. The van der Waals surface area contributed by atoms with Gasteiger partial charge in [-0.15, -0.1) is 0 Å². The topological polar surface area (TPSA) is 101 Å². The van der Waals surface area contributed by atoms with Crippen molar-refractivity contribution in [3.05, 3.63) is 31.8 Å². The van der Waals surface area contributed by atoms with Gasteiger partial charge in [-0.05, 0) is 13.8 Å². The molecule has 0 bridgehead atoms. The standard InChI is InChI=1S/C13H20N4O3S/c1-8-9(2)13(20)17(15-12(8)19)7-5-11(18)16(3)6-4-10(14)21/h4-7H2,1-3H3,(H2,14,21)(H,15,19). The van der Waals surface area contributed by atoms with Gasteiger partial charge in [-0.2, -0.15) is 0 Å². The lowest BCUT2D eigenvalue weighted by Crippen LogP contribution is -2.36. The first kappa shape index (κ1) is 17.1. The molecule has 0 atom stereocenters. The van der Waals surface area contributed by atoms with Crippen molar-refractivity contribution in [2.45, 2.75) is 33.2 Å². The molecule has 0 aliphatic heterocycles. The van der Waals surface area contributed by atoms with Crippen molar-refractivity contribution in [3.8, 4) is 0 Å². The summed E-state index contributed by atoms with van der Waals surface area (Å²) in [5.74, 6) is -0.141. The van der Waals surface area contributed by atoms with Gasteiger partial charge in [0.25, 0.3) is 11.1 Å². The molecule has 1 aromatic heterocycles. The maximum absolute atomic E-state index is 12.0. The molecule has 0 saturated carbocycles. The van der Waals surface area contributed by atoms with Gasteiger partial charge >= 0.3 is 0 Å². The van der Waals surface area contributed by atoms with E-state index in [1.54, 1.807) is 20.9 Å². The number of nitrogens with one attached hydrogen (secondary N) is 1. The zero-order valence-electron chi connectivity index (χ0n) is 12.4. The Morgan fingerprint density at radius 3 is 2.48 bits per heavy atom. The van der Waals surface area contributed by atoms with Crippen molar-refractivity contribution >= 4 is 23.1 Å². The molecular formula is C13H20N4O3S. The molecule has 0 aliphatic carbocycles. The number of hydrogen-bond acceptors (Lipinski definition) is 4. The zero-order valence-corrected chi connectivity index (χ0v) is 13.2. The van der Waals surface area contributed by atoms with Gasteiger partial charge in [0.05, 0.1) is 11.5 Å². The lowest BCUT2D eigenvalue weighted by Gasteiger charge is -2.17. The van der Waals surface area contributed by atoms with Gasteiger partial charge in [0, 0.05) is 37.6 Å². The van der Waals surface area contributed by atoms with E-state index in [9.17, 15) is 14.4 Å². The summed E-state index contributed by atoms with van der Waals surface area (Å²) in [5.41, 5.74) is 5.57. The Balaban J connectivity index is 2.72. The van der Waals surface area contributed by atoms with Gasteiger partial charge in [-0.1, -0.05) is 12.2 Å². The zero-order chi connectivity index (χ0) is 16.2. The molecule has 1 heterocycles. The predicted octanol–water partition coefficient (Wildman–Crippen LogP) is -0.322. The van der Waals surface area contributed by atoms with Crippen molar-refractivity contribution in [3.63, 3.8) is 0 Å². The summed E-state index contributed by atoms with van der Waals surface area (Å²) < 4.78 is 1.17. The quantitative estimate of drug-likeness (QED) is 0.701. The summed E-state index contributed by atoms with van der Waals surface area (Å²) in [7, 11) is 1.65.